The zero-order valence-corrected chi connectivity index (χ0v) is 12.1. The number of hydrogen-bond donors (Lipinski definition) is 0. The minimum absolute atomic E-state index is 0.452. The molecule has 0 atom stereocenters. The van der Waals surface area contributed by atoms with E-state index < -0.39 is 0 Å². The quantitative estimate of drug-likeness (QED) is 0.689. The van der Waals surface area contributed by atoms with Crippen LogP contribution in [-0.4, -0.2) is 0 Å². The van der Waals surface area contributed by atoms with Gasteiger partial charge in [-0.25, -0.2) is 0 Å². The van der Waals surface area contributed by atoms with Crippen molar-refractivity contribution in [3.05, 3.63) is 90.0 Å². The van der Waals surface area contributed by atoms with Gasteiger partial charge < -0.3 is 4.74 Å². The van der Waals surface area contributed by atoms with E-state index in [-0.39, 0.29) is 0 Å². The van der Waals surface area contributed by atoms with Gasteiger partial charge in [-0.05, 0) is 17.2 Å². The Morgan fingerprint density at radius 2 is 1.45 bits per heavy atom. The Hall–Kier alpha value is -3.05. The van der Waals surface area contributed by atoms with Crippen molar-refractivity contribution in [2.45, 2.75) is 6.61 Å². The summed E-state index contributed by atoms with van der Waals surface area (Å²) in [5, 5.41) is 9.53. The second-order valence-corrected chi connectivity index (χ2v) is 4.93. The molecule has 0 aliphatic heterocycles. The average molecular weight is 285 g/mol. The van der Waals surface area contributed by atoms with Crippen LogP contribution in [0.3, 0.4) is 0 Å². The summed E-state index contributed by atoms with van der Waals surface area (Å²) in [6.07, 6.45) is 0. The highest BCUT2D eigenvalue weighted by molar-refractivity contribution is 5.73. The molecule has 106 valence electrons. The molecule has 3 aromatic rings. The number of rotatable bonds is 4. The predicted octanol–water partition coefficient (Wildman–Crippen LogP) is 4.80. The Kier molecular flexibility index (Phi) is 4.17. The molecule has 0 aromatic heterocycles. The molecule has 0 fully saturated rings. The molecule has 0 amide bonds. The molecule has 0 saturated carbocycles. The monoisotopic (exact) mass is 285 g/mol. The first-order valence-electron chi connectivity index (χ1n) is 7.14. The van der Waals surface area contributed by atoms with Crippen LogP contribution < -0.4 is 4.74 Å². The van der Waals surface area contributed by atoms with Gasteiger partial charge in [-0.3, -0.25) is 0 Å². The molecule has 0 aliphatic rings. The Morgan fingerprint density at radius 1 is 0.773 bits per heavy atom. The molecule has 3 aromatic carbocycles. The van der Waals surface area contributed by atoms with E-state index >= 15 is 0 Å². The van der Waals surface area contributed by atoms with Crippen molar-refractivity contribution in [3.63, 3.8) is 0 Å². The normalized spacial score (nSPS) is 9.95. The van der Waals surface area contributed by atoms with E-state index in [0.717, 1.165) is 16.7 Å². The van der Waals surface area contributed by atoms with Crippen LogP contribution in [0.25, 0.3) is 11.1 Å². The number of nitrogens with zero attached hydrogens (tertiary/aromatic N) is 1. The van der Waals surface area contributed by atoms with Gasteiger partial charge in [0.25, 0.3) is 0 Å². The lowest BCUT2D eigenvalue weighted by molar-refractivity contribution is 0.305. The van der Waals surface area contributed by atoms with Crippen molar-refractivity contribution in [2.24, 2.45) is 0 Å². The van der Waals surface area contributed by atoms with Crippen LogP contribution in [0.4, 0.5) is 0 Å². The molecule has 0 spiro atoms. The Morgan fingerprint density at radius 3 is 2.14 bits per heavy atom. The van der Waals surface area contributed by atoms with E-state index in [2.05, 4.69) is 6.07 Å². The van der Waals surface area contributed by atoms with Crippen LogP contribution in [0, 0.1) is 11.3 Å². The SMILES string of the molecule is N#Cc1c(OCc2ccccc2)cccc1-c1ccccc1. The molecule has 0 heterocycles. The molecule has 0 saturated heterocycles. The van der Waals surface area contributed by atoms with E-state index in [4.69, 9.17) is 4.74 Å². The van der Waals surface area contributed by atoms with Gasteiger partial charge in [-0.15, -0.1) is 0 Å². The molecule has 0 unspecified atom stereocenters. The number of hydrogen-bond acceptors (Lipinski definition) is 2. The first-order valence-corrected chi connectivity index (χ1v) is 7.14. The molecular weight excluding hydrogens is 270 g/mol. The number of ether oxygens (including phenoxy) is 1. The third-order valence-corrected chi connectivity index (χ3v) is 3.46. The average Bonchev–Trinajstić information content (AvgIpc) is 2.61. The minimum atomic E-state index is 0.452. The summed E-state index contributed by atoms with van der Waals surface area (Å²) in [6, 6.07) is 27.8. The highest BCUT2D eigenvalue weighted by atomic mass is 16.5. The van der Waals surface area contributed by atoms with E-state index in [1.54, 1.807) is 0 Å². The zero-order chi connectivity index (χ0) is 15.2. The van der Waals surface area contributed by atoms with Crippen molar-refractivity contribution in [3.8, 4) is 22.9 Å². The fourth-order valence-electron chi connectivity index (χ4n) is 2.36. The summed E-state index contributed by atoms with van der Waals surface area (Å²) >= 11 is 0. The molecular formula is C20H15NO. The third kappa shape index (κ3) is 2.99. The lowest BCUT2D eigenvalue weighted by Crippen LogP contribution is -1.98. The van der Waals surface area contributed by atoms with Crippen molar-refractivity contribution < 1.29 is 4.74 Å². The zero-order valence-electron chi connectivity index (χ0n) is 12.1. The maximum absolute atomic E-state index is 9.53. The van der Waals surface area contributed by atoms with Gasteiger partial charge in [0, 0.05) is 5.56 Å². The molecule has 22 heavy (non-hydrogen) atoms. The summed E-state index contributed by atoms with van der Waals surface area (Å²) in [6.45, 7) is 0.452. The third-order valence-electron chi connectivity index (χ3n) is 3.46. The molecule has 3 rings (SSSR count). The van der Waals surface area contributed by atoms with Crippen LogP contribution >= 0.6 is 0 Å². The smallest absolute Gasteiger partial charge is 0.138 e. The Bertz CT molecular complexity index is 789. The predicted molar refractivity (Wildman–Crippen MR) is 87.4 cm³/mol. The van der Waals surface area contributed by atoms with Gasteiger partial charge in [-0.1, -0.05) is 72.8 Å². The first-order chi connectivity index (χ1) is 10.9. The van der Waals surface area contributed by atoms with Gasteiger partial charge in [0.05, 0.1) is 0 Å². The van der Waals surface area contributed by atoms with E-state index in [9.17, 15) is 5.26 Å². The second-order valence-electron chi connectivity index (χ2n) is 4.93. The first kappa shape index (κ1) is 13.9. The molecule has 0 radical (unpaired) electrons. The summed E-state index contributed by atoms with van der Waals surface area (Å²) in [4.78, 5) is 0. The lowest BCUT2D eigenvalue weighted by atomic mass is 10.00. The van der Waals surface area contributed by atoms with Crippen LogP contribution in [0.2, 0.25) is 0 Å². The fraction of sp³-hybridized carbons (Fsp3) is 0.0500. The maximum Gasteiger partial charge on any atom is 0.138 e. The van der Waals surface area contributed by atoms with E-state index in [1.807, 2.05) is 78.9 Å². The van der Waals surface area contributed by atoms with Crippen LogP contribution in [0.5, 0.6) is 5.75 Å². The maximum atomic E-state index is 9.53. The van der Waals surface area contributed by atoms with Crippen molar-refractivity contribution in [2.75, 3.05) is 0 Å². The number of nitriles is 1. The van der Waals surface area contributed by atoms with E-state index in [1.165, 1.54) is 0 Å². The Labute approximate surface area is 130 Å². The highest BCUT2D eigenvalue weighted by Crippen LogP contribution is 2.30. The molecule has 0 N–H and O–H groups in total. The topological polar surface area (TPSA) is 33.0 Å². The number of benzene rings is 3. The van der Waals surface area contributed by atoms with Crippen LogP contribution in [0.1, 0.15) is 11.1 Å². The second kappa shape index (κ2) is 6.60. The van der Waals surface area contributed by atoms with Crippen LogP contribution in [-0.2, 0) is 6.61 Å². The summed E-state index contributed by atoms with van der Waals surface area (Å²) < 4.78 is 5.85. The van der Waals surface area contributed by atoms with Crippen molar-refractivity contribution in [1.82, 2.24) is 0 Å². The largest absolute Gasteiger partial charge is 0.487 e. The minimum Gasteiger partial charge on any atom is -0.487 e. The van der Waals surface area contributed by atoms with Gasteiger partial charge in [0.1, 0.15) is 24.0 Å². The van der Waals surface area contributed by atoms with Crippen molar-refractivity contribution in [1.29, 1.82) is 5.26 Å². The van der Waals surface area contributed by atoms with Gasteiger partial charge in [0.2, 0.25) is 0 Å². The fourth-order valence-corrected chi connectivity index (χ4v) is 2.36. The highest BCUT2D eigenvalue weighted by Gasteiger charge is 2.10. The summed E-state index contributed by atoms with van der Waals surface area (Å²) in [5.74, 6) is 0.618. The standard InChI is InChI=1S/C20H15NO/c21-14-19-18(17-10-5-2-6-11-17)12-7-13-20(19)22-15-16-8-3-1-4-9-16/h1-13H,15H2. The molecule has 0 aliphatic carbocycles. The van der Waals surface area contributed by atoms with Gasteiger partial charge >= 0.3 is 0 Å². The summed E-state index contributed by atoms with van der Waals surface area (Å²) in [7, 11) is 0. The van der Waals surface area contributed by atoms with Gasteiger partial charge in [-0.2, -0.15) is 5.26 Å². The van der Waals surface area contributed by atoms with Gasteiger partial charge in [0.15, 0.2) is 0 Å². The van der Waals surface area contributed by atoms with Crippen molar-refractivity contribution >= 4 is 0 Å². The molecule has 2 nitrogen and oxygen atoms in total. The van der Waals surface area contributed by atoms with E-state index in [0.29, 0.717) is 17.9 Å². The molecule has 0 bridgehead atoms. The summed E-state index contributed by atoms with van der Waals surface area (Å²) in [5.41, 5.74) is 3.57. The Balaban J connectivity index is 1.91. The van der Waals surface area contributed by atoms with Crippen LogP contribution in [0.15, 0.2) is 78.9 Å². The molecule has 2 heteroatoms. The lowest BCUT2D eigenvalue weighted by Gasteiger charge is -2.11.